The average Bonchev–Trinajstić information content (AvgIpc) is 2.71. The first-order valence-corrected chi connectivity index (χ1v) is 4.77. The fourth-order valence-corrected chi connectivity index (χ4v) is 1.50. The molecular weight excluding hydrogens is 210 g/mol. The molecule has 3 nitrogen and oxygen atoms in total. The summed E-state index contributed by atoms with van der Waals surface area (Å²) < 4.78 is 1.76. The lowest BCUT2D eigenvalue weighted by Gasteiger charge is -2.09. The summed E-state index contributed by atoms with van der Waals surface area (Å²) in [6, 6.07) is 11.2. The van der Waals surface area contributed by atoms with E-state index in [9.17, 15) is 0 Å². The number of anilines is 1. The van der Waals surface area contributed by atoms with Crippen LogP contribution in [0.3, 0.4) is 0 Å². The van der Waals surface area contributed by atoms with E-state index in [2.05, 4.69) is 11.5 Å². The Morgan fingerprint density at radius 3 is 2.60 bits per heavy atom. The molecule has 1 heterocycles. The van der Waals surface area contributed by atoms with Gasteiger partial charge in [0, 0.05) is 12.4 Å². The molecule has 0 aliphatic carbocycles. The molecule has 0 bridgehead atoms. The standard InChI is InChI=1S/C11H8ClN3/c12-10-4-3-5-11(9(10)8-13)14-15-6-1-2-7-15/h1-7,14H. The number of rotatable bonds is 2. The molecule has 1 aromatic heterocycles. The van der Waals surface area contributed by atoms with Gasteiger partial charge in [0.2, 0.25) is 0 Å². The minimum absolute atomic E-state index is 0.452. The summed E-state index contributed by atoms with van der Waals surface area (Å²) in [4.78, 5) is 0. The van der Waals surface area contributed by atoms with Crippen molar-refractivity contribution in [1.29, 1.82) is 5.26 Å². The van der Waals surface area contributed by atoms with E-state index in [1.807, 2.05) is 30.6 Å². The fourth-order valence-electron chi connectivity index (χ4n) is 1.28. The lowest BCUT2D eigenvalue weighted by atomic mass is 10.2. The highest BCUT2D eigenvalue weighted by molar-refractivity contribution is 6.32. The van der Waals surface area contributed by atoms with Crippen molar-refractivity contribution >= 4 is 17.3 Å². The maximum absolute atomic E-state index is 8.94. The van der Waals surface area contributed by atoms with Crippen LogP contribution < -0.4 is 5.43 Å². The Morgan fingerprint density at radius 2 is 1.93 bits per heavy atom. The van der Waals surface area contributed by atoms with Gasteiger partial charge in [0.05, 0.1) is 16.3 Å². The van der Waals surface area contributed by atoms with Crippen molar-refractivity contribution in [3.05, 3.63) is 53.3 Å². The maximum atomic E-state index is 8.94. The molecule has 0 saturated heterocycles. The minimum Gasteiger partial charge on any atom is -0.294 e. The molecule has 15 heavy (non-hydrogen) atoms. The van der Waals surface area contributed by atoms with Crippen LogP contribution in [0.5, 0.6) is 0 Å². The molecular formula is C11H8ClN3. The summed E-state index contributed by atoms with van der Waals surface area (Å²) in [7, 11) is 0. The lowest BCUT2D eigenvalue weighted by Crippen LogP contribution is -2.07. The van der Waals surface area contributed by atoms with Gasteiger partial charge in [-0.2, -0.15) is 5.26 Å². The second-order valence-electron chi connectivity index (χ2n) is 2.98. The van der Waals surface area contributed by atoms with E-state index < -0.39 is 0 Å². The van der Waals surface area contributed by atoms with E-state index in [4.69, 9.17) is 16.9 Å². The van der Waals surface area contributed by atoms with Crippen LogP contribution in [-0.2, 0) is 0 Å². The van der Waals surface area contributed by atoms with Crippen LogP contribution in [0.15, 0.2) is 42.7 Å². The third-order valence-corrected chi connectivity index (χ3v) is 2.29. The highest BCUT2D eigenvalue weighted by Crippen LogP contribution is 2.23. The highest BCUT2D eigenvalue weighted by Gasteiger charge is 2.05. The van der Waals surface area contributed by atoms with Gasteiger partial charge in [-0.3, -0.25) is 10.1 Å². The number of hydrogen-bond donors (Lipinski definition) is 1. The zero-order valence-corrected chi connectivity index (χ0v) is 8.57. The second kappa shape index (κ2) is 4.07. The SMILES string of the molecule is N#Cc1c(Cl)cccc1Nn1cccc1. The van der Waals surface area contributed by atoms with Crippen LogP contribution in [0.25, 0.3) is 0 Å². The van der Waals surface area contributed by atoms with Crippen molar-refractivity contribution in [3.8, 4) is 6.07 Å². The Kier molecular flexibility index (Phi) is 2.61. The van der Waals surface area contributed by atoms with E-state index in [0.29, 0.717) is 16.3 Å². The van der Waals surface area contributed by atoms with Crippen LogP contribution in [0.4, 0.5) is 5.69 Å². The molecule has 0 radical (unpaired) electrons. The fraction of sp³-hybridized carbons (Fsp3) is 0. The Morgan fingerprint density at radius 1 is 1.20 bits per heavy atom. The molecule has 1 aromatic carbocycles. The second-order valence-corrected chi connectivity index (χ2v) is 3.38. The molecule has 0 spiro atoms. The third-order valence-electron chi connectivity index (χ3n) is 1.98. The summed E-state index contributed by atoms with van der Waals surface area (Å²) in [5.74, 6) is 0. The van der Waals surface area contributed by atoms with Gasteiger partial charge in [0.1, 0.15) is 6.07 Å². The van der Waals surface area contributed by atoms with Crippen molar-refractivity contribution in [2.45, 2.75) is 0 Å². The molecule has 0 atom stereocenters. The summed E-state index contributed by atoms with van der Waals surface area (Å²) in [6.45, 7) is 0. The smallest absolute Gasteiger partial charge is 0.103 e. The number of aromatic nitrogens is 1. The zero-order chi connectivity index (χ0) is 10.7. The molecule has 0 saturated carbocycles. The Labute approximate surface area is 92.5 Å². The quantitative estimate of drug-likeness (QED) is 0.841. The molecule has 2 aromatic rings. The van der Waals surface area contributed by atoms with Gasteiger partial charge in [0.25, 0.3) is 0 Å². The monoisotopic (exact) mass is 217 g/mol. The molecule has 0 aliphatic heterocycles. The molecule has 4 heteroatoms. The van der Waals surface area contributed by atoms with Crippen LogP contribution in [0.2, 0.25) is 5.02 Å². The van der Waals surface area contributed by atoms with E-state index in [0.717, 1.165) is 0 Å². The maximum Gasteiger partial charge on any atom is 0.103 e. The van der Waals surface area contributed by atoms with Crippen molar-refractivity contribution in [1.82, 2.24) is 4.68 Å². The van der Waals surface area contributed by atoms with Gasteiger partial charge in [-0.25, -0.2) is 0 Å². The van der Waals surface area contributed by atoms with Crippen LogP contribution in [0, 0.1) is 11.3 Å². The number of hydrogen-bond acceptors (Lipinski definition) is 2. The summed E-state index contributed by atoms with van der Waals surface area (Å²) in [6.07, 6.45) is 3.70. The Bertz CT molecular complexity index is 497. The number of nitriles is 1. The molecule has 0 fully saturated rings. The van der Waals surface area contributed by atoms with Gasteiger partial charge in [-0.1, -0.05) is 17.7 Å². The van der Waals surface area contributed by atoms with Crippen LogP contribution in [0.1, 0.15) is 5.56 Å². The van der Waals surface area contributed by atoms with Gasteiger partial charge < -0.3 is 0 Å². The third kappa shape index (κ3) is 1.95. The van der Waals surface area contributed by atoms with Gasteiger partial charge in [-0.05, 0) is 24.3 Å². The average molecular weight is 218 g/mol. The van der Waals surface area contributed by atoms with Crippen molar-refractivity contribution in [2.75, 3.05) is 5.43 Å². The summed E-state index contributed by atoms with van der Waals surface area (Å²) in [5.41, 5.74) is 4.20. The largest absolute Gasteiger partial charge is 0.294 e. The van der Waals surface area contributed by atoms with Crippen molar-refractivity contribution < 1.29 is 0 Å². The van der Waals surface area contributed by atoms with Crippen LogP contribution >= 0.6 is 11.6 Å². The molecule has 2 rings (SSSR count). The highest BCUT2D eigenvalue weighted by atomic mass is 35.5. The zero-order valence-electron chi connectivity index (χ0n) is 7.81. The Hall–Kier alpha value is -1.92. The number of nitrogens with one attached hydrogen (secondary N) is 1. The number of halogens is 1. The first-order valence-electron chi connectivity index (χ1n) is 4.40. The molecule has 0 amide bonds. The summed E-state index contributed by atoms with van der Waals surface area (Å²) >= 11 is 5.90. The predicted octanol–water partition coefficient (Wildman–Crippen LogP) is 2.89. The van der Waals surface area contributed by atoms with E-state index in [1.54, 1.807) is 16.8 Å². The number of benzene rings is 1. The summed E-state index contributed by atoms with van der Waals surface area (Å²) in [5, 5.41) is 9.40. The molecule has 0 unspecified atom stereocenters. The van der Waals surface area contributed by atoms with Crippen molar-refractivity contribution in [2.24, 2.45) is 0 Å². The lowest BCUT2D eigenvalue weighted by molar-refractivity contribution is 0.969. The van der Waals surface area contributed by atoms with E-state index in [-0.39, 0.29) is 0 Å². The van der Waals surface area contributed by atoms with E-state index in [1.165, 1.54) is 0 Å². The number of nitrogens with zero attached hydrogens (tertiary/aromatic N) is 2. The van der Waals surface area contributed by atoms with Crippen LogP contribution in [-0.4, -0.2) is 4.68 Å². The van der Waals surface area contributed by atoms with Gasteiger partial charge in [0.15, 0.2) is 0 Å². The topological polar surface area (TPSA) is 40.8 Å². The van der Waals surface area contributed by atoms with Gasteiger partial charge >= 0.3 is 0 Å². The van der Waals surface area contributed by atoms with Gasteiger partial charge in [-0.15, -0.1) is 0 Å². The first kappa shape index (κ1) is 9.63. The predicted molar refractivity (Wildman–Crippen MR) is 59.6 cm³/mol. The van der Waals surface area contributed by atoms with Crippen molar-refractivity contribution in [3.63, 3.8) is 0 Å². The molecule has 74 valence electrons. The van der Waals surface area contributed by atoms with E-state index >= 15 is 0 Å². The minimum atomic E-state index is 0.452. The molecule has 0 aliphatic rings. The Balaban J connectivity index is 2.37. The first-order chi connectivity index (χ1) is 7.31. The molecule has 1 N–H and O–H groups in total. The normalized spacial score (nSPS) is 9.60.